The van der Waals surface area contributed by atoms with Gasteiger partial charge in [0.1, 0.15) is 5.82 Å². The van der Waals surface area contributed by atoms with E-state index in [1.54, 1.807) is 0 Å². The van der Waals surface area contributed by atoms with E-state index in [1.165, 1.54) is 31.4 Å². The highest BCUT2D eigenvalue weighted by Crippen LogP contribution is 2.29. The summed E-state index contributed by atoms with van der Waals surface area (Å²) in [5.74, 6) is 2.25. The number of nitrogens with one attached hydrogen (secondary N) is 2. The van der Waals surface area contributed by atoms with Crippen LogP contribution in [0, 0.1) is 6.92 Å². The van der Waals surface area contributed by atoms with Crippen LogP contribution in [0.5, 0.6) is 0 Å². The Kier molecular flexibility index (Phi) is 8.92. The van der Waals surface area contributed by atoms with Gasteiger partial charge in [0.2, 0.25) is 0 Å². The maximum atomic E-state index is 12.7. The van der Waals surface area contributed by atoms with E-state index in [4.69, 9.17) is 0 Å². The molecule has 0 bridgehead atoms. The van der Waals surface area contributed by atoms with Gasteiger partial charge < -0.3 is 15.2 Å². The van der Waals surface area contributed by atoms with Gasteiger partial charge in [0.05, 0.1) is 18.7 Å². The number of nitrogens with zero attached hydrogens (tertiary/aromatic N) is 4. The first-order valence-corrected chi connectivity index (χ1v) is 9.89. The van der Waals surface area contributed by atoms with E-state index in [2.05, 4.69) is 25.8 Å². The molecule has 0 amide bonds. The maximum absolute atomic E-state index is 12.7. The number of halogens is 4. The van der Waals surface area contributed by atoms with Crippen LogP contribution in [0.1, 0.15) is 54.9 Å². The molecule has 30 heavy (non-hydrogen) atoms. The molecule has 10 heteroatoms. The lowest BCUT2D eigenvalue weighted by Crippen LogP contribution is -2.44. The van der Waals surface area contributed by atoms with Crippen molar-refractivity contribution in [2.24, 2.45) is 12.0 Å². The van der Waals surface area contributed by atoms with Gasteiger partial charge in [-0.15, -0.1) is 34.2 Å². The topological polar surface area (TPSA) is 67.1 Å². The molecule has 1 aliphatic carbocycles. The molecule has 1 aliphatic rings. The Morgan fingerprint density at radius 3 is 2.37 bits per heavy atom. The Morgan fingerprint density at radius 1 is 1.13 bits per heavy atom. The molecule has 2 aromatic rings. The van der Waals surface area contributed by atoms with Gasteiger partial charge in [0, 0.05) is 13.1 Å². The zero-order chi connectivity index (χ0) is 20.9. The second-order valence-electron chi connectivity index (χ2n) is 7.41. The molecule has 3 rings (SSSR count). The van der Waals surface area contributed by atoms with Crippen LogP contribution in [-0.4, -0.2) is 26.8 Å². The lowest BCUT2D eigenvalue weighted by atomic mass is 9.96. The van der Waals surface area contributed by atoms with Gasteiger partial charge in [-0.05, 0) is 37.5 Å². The van der Waals surface area contributed by atoms with E-state index in [9.17, 15) is 13.2 Å². The molecule has 6 nitrogen and oxygen atoms in total. The van der Waals surface area contributed by atoms with Gasteiger partial charge in [-0.1, -0.05) is 31.4 Å². The SMILES string of the molecule is Cc1nnc(CNC(=NCc2ccc(C(F)(F)F)cc2)NC2CCCCC2)n1C.I. The van der Waals surface area contributed by atoms with Crippen molar-refractivity contribution in [2.75, 3.05) is 0 Å². The van der Waals surface area contributed by atoms with Crippen molar-refractivity contribution < 1.29 is 13.2 Å². The maximum Gasteiger partial charge on any atom is 0.416 e. The van der Waals surface area contributed by atoms with Crippen LogP contribution in [0.25, 0.3) is 0 Å². The van der Waals surface area contributed by atoms with Crippen molar-refractivity contribution in [1.29, 1.82) is 0 Å². The molecule has 0 saturated heterocycles. The molecule has 1 aromatic carbocycles. The first-order chi connectivity index (χ1) is 13.8. The summed E-state index contributed by atoms with van der Waals surface area (Å²) in [6.07, 6.45) is 1.47. The highest BCUT2D eigenvalue weighted by molar-refractivity contribution is 14.0. The monoisotopic (exact) mass is 536 g/mol. The summed E-state index contributed by atoms with van der Waals surface area (Å²) in [6, 6.07) is 5.47. The summed E-state index contributed by atoms with van der Waals surface area (Å²) >= 11 is 0. The third-order valence-electron chi connectivity index (χ3n) is 5.24. The van der Waals surface area contributed by atoms with Gasteiger partial charge in [-0.3, -0.25) is 0 Å². The van der Waals surface area contributed by atoms with Crippen LogP contribution in [-0.2, 0) is 26.3 Å². The van der Waals surface area contributed by atoms with Crippen LogP contribution in [0.15, 0.2) is 29.3 Å². The quantitative estimate of drug-likeness (QED) is 0.340. The lowest BCUT2D eigenvalue weighted by Gasteiger charge is -2.25. The lowest BCUT2D eigenvalue weighted by molar-refractivity contribution is -0.137. The average molecular weight is 536 g/mol. The number of hydrogen-bond donors (Lipinski definition) is 2. The minimum atomic E-state index is -4.33. The number of aryl methyl sites for hydroxylation is 1. The second kappa shape index (κ2) is 11.0. The highest BCUT2D eigenvalue weighted by atomic mass is 127. The summed E-state index contributed by atoms with van der Waals surface area (Å²) in [5.41, 5.74) is 0.0683. The van der Waals surface area contributed by atoms with Crippen LogP contribution >= 0.6 is 24.0 Å². The molecule has 0 radical (unpaired) electrons. The molecule has 166 valence electrons. The standard InChI is InChI=1S/C20H27F3N6.HI/c1-14-27-28-18(29(14)2)13-25-19(26-17-6-4-3-5-7-17)24-12-15-8-10-16(11-9-15)20(21,22)23;/h8-11,17H,3-7,12-13H2,1-2H3,(H2,24,25,26);1H. The predicted molar refractivity (Wildman–Crippen MR) is 121 cm³/mol. The van der Waals surface area contributed by atoms with E-state index in [0.717, 1.165) is 42.2 Å². The van der Waals surface area contributed by atoms with Gasteiger partial charge in [0.25, 0.3) is 0 Å². The zero-order valence-electron chi connectivity index (χ0n) is 17.2. The van der Waals surface area contributed by atoms with Gasteiger partial charge in [0.15, 0.2) is 11.8 Å². The third-order valence-corrected chi connectivity index (χ3v) is 5.24. The minimum Gasteiger partial charge on any atom is -0.354 e. The number of benzene rings is 1. The Morgan fingerprint density at radius 2 is 1.80 bits per heavy atom. The molecule has 2 N–H and O–H groups in total. The fourth-order valence-corrected chi connectivity index (χ4v) is 3.33. The second-order valence-corrected chi connectivity index (χ2v) is 7.41. The Hall–Kier alpha value is -1.85. The van der Waals surface area contributed by atoms with Crippen LogP contribution in [0.3, 0.4) is 0 Å². The van der Waals surface area contributed by atoms with Crippen molar-refractivity contribution in [3.63, 3.8) is 0 Å². The van der Waals surface area contributed by atoms with E-state index in [-0.39, 0.29) is 30.5 Å². The zero-order valence-corrected chi connectivity index (χ0v) is 19.5. The van der Waals surface area contributed by atoms with Crippen LogP contribution in [0.4, 0.5) is 13.2 Å². The molecule has 0 spiro atoms. The van der Waals surface area contributed by atoms with Crippen LogP contribution < -0.4 is 10.6 Å². The molecule has 0 aliphatic heterocycles. The Labute approximate surface area is 191 Å². The number of guanidine groups is 1. The first-order valence-electron chi connectivity index (χ1n) is 9.89. The minimum absolute atomic E-state index is 0. The number of aliphatic imine (C=N–C) groups is 1. The molecule has 1 saturated carbocycles. The summed E-state index contributed by atoms with van der Waals surface area (Å²) in [6.45, 7) is 2.64. The Bertz CT molecular complexity index is 826. The summed E-state index contributed by atoms with van der Waals surface area (Å²) in [4.78, 5) is 4.59. The molecule has 1 aromatic heterocycles. The fourth-order valence-electron chi connectivity index (χ4n) is 3.33. The van der Waals surface area contributed by atoms with Crippen molar-refractivity contribution in [2.45, 2.75) is 64.3 Å². The number of aromatic nitrogens is 3. The molecule has 1 fully saturated rings. The molecular formula is C20H28F3IN6. The summed E-state index contributed by atoms with van der Waals surface area (Å²) < 4.78 is 40.1. The van der Waals surface area contributed by atoms with Gasteiger partial charge >= 0.3 is 6.18 Å². The number of alkyl halides is 3. The van der Waals surface area contributed by atoms with Crippen molar-refractivity contribution in [3.05, 3.63) is 47.0 Å². The molecule has 0 unspecified atom stereocenters. The van der Waals surface area contributed by atoms with Gasteiger partial charge in [-0.25, -0.2) is 4.99 Å². The third kappa shape index (κ3) is 6.85. The molecule has 1 heterocycles. The van der Waals surface area contributed by atoms with E-state index >= 15 is 0 Å². The summed E-state index contributed by atoms with van der Waals surface area (Å²) in [5, 5.41) is 14.9. The largest absolute Gasteiger partial charge is 0.416 e. The highest BCUT2D eigenvalue weighted by Gasteiger charge is 2.29. The van der Waals surface area contributed by atoms with Gasteiger partial charge in [-0.2, -0.15) is 13.2 Å². The van der Waals surface area contributed by atoms with Crippen LogP contribution in [0.2, 0.25) is 0 Å². The van der Waals surface area contributed by atoms with E-state index < -0.39 is 11.7 Å². The number of rotatable bonds is 5. The average Bonchev–Trinajstić information content (AvgIpc) is 3.02. The van der Waals surface area contributed by atoms with Crippen molar-refractivity contribution in [1.82, 2.24) is 25.4 Å². The van der Waals surface area contributed by atoms with E-state index in [0.29, 0.717) is 18.5 Å². The first kappa shape index (κ1) is 24.4. The smallest absolute Gasteiger partial charge is 0.354 e. The normalized spacial score (nSPS) is 15.6. The van der Waals surface area contributed by atoms with E-state index in [1.807, 2.05) is 18.5 Å². The summed E-state index contributed by atoms with van der Waals surface area (Å²) in [7, 11) is 1.90. The van der Waals surface area contributed by atoms with Crippen molar-refractivity contribution >= 4 is 29.9 Å². The molecular weight excluding hydrogens is 508 g/mol. The predicted octanol–water partition coefficient (Wildman–Crippen LogP) is 4.33. The fraction of sp³-hybridized carbons (Fsp3) is 0.550. The Balaban J connectivity index is 0.00000320. The number of hydrogen-bond acceptors (Lipinski definition) is 3. The molecule has 0 atom stereocenters. The van der Waals surface area contributed by atoms with Crippen molar-refractivity contribution in [3.8, 4) is 0 Å².